The Morgan fingerprint density at radius 1 is 1.10 bits per heavy atom. The summed E-state index contributed by atoms with van der Waals surface area (Å²) < 4.78 is 16.2. The first kappa shape index (κ1) is 16.1. The molecular formula is C15H23NO4. The standard InChI is InChI=1S/C15H23NO4/c1-4-5-6-7-8-20-14-12(18-2)9-11(15(16)17)10-13(14)19-3/h9-10H,4-8H2,1-3H3,(H2,16,17). The summed E-state index contributed by atoms with van der Waals surface area (Å²) in [6, 6.07) is 3.12. The molecule has 112 valence electrons. The Hall–Kier alpha value is -1.91. The molecule has 1 aromatic rings. The zero-order valence-corrected chi connectivity index (χ0v) is 12.4. The molecule has 0 heterocycles. The van der Waals surface area contributed by atoms with Gasteiger partial charge in [0.25, 0.3) is 0 Å². The second-order valence-electron chi connectivity index (χ2n) is 4.48. The van der Waals surface area contributed by atoms with E-state index in [1.54, 1.807) is 12.1 Å². The van der Waals surface area contributed by atoms with Crippen LogP contribution in [0.3, 0.4) is 0 Å². The number of amides is 1. The number of rotatable bonds is 9. The van der Waals surface area contributed by atoms with Gasteiger partial charge in [-0.15, -0.1) is 0 Å². The summed E-state index contributed by atoms with van der Waals surface area (Å²) >= 11 is 0. The van der Waals surface area contributed by atoms with Gasteiger partial charge in [-0.05, 0) is 18.6 Å². The van der Waals surface area contributed by atoms with Gasteiger partial charge in [0.05, 0.1) is 20.8 Å². The molecule has 1 amide bonds. The van der Waals surface area contributed by atoms with Gasteiger partial charge < -0.3 is 19.9 Å². The highest BCUT2D eigenvalue weighted by molar-refractivity contribution is 5.94. The number of methoxy groups -OCH3 is 2. The van der Waals surface area contributed by atoms with Crippen LogP contribution in [0, 0.1) is 0 Å². The molecule has 0 fully saturated rings. The third-order valence-electron chi connectivity index (χ3n) is 2.99. The van der Waals surface area contributed by atoms with Crippen molar-refractivity contribution in [3.8, 4) is 17.2 Å². The number of primary amides is 1. The molecule has 0 aromatic heterocycles. The van der Waals surface area contributed by atoms with Crippen molar-refractivity contribution in [2.24, 2.45) is 5.73 Å². The fraction of sp³-hybridized carbons (Fsp3) is 0.533. The van der Waals surface area contributed by atoms with Crippen molar-refractivity contribution >= 4 is 5.91 Å². The summed E-state index contributed by atoms with van der Waals surface area (Å²) in [5, 5.41) is 0. The average Bonchev–Trinajstić information content (AvgIpc) is 2.46. The van der Waals surface area contributed by atoms with Crippen molar-refractivity contribution in [2.75, 3.05) is 20.8 Å². The highest BCUT2D eigenvalue weighted by Gasteiger charge is 2.16. The van der Waals surface area contributed by atoms with Gasteiger partial charge in [0.1, 0.15) is 0 Å². The zero-order chi connectivity index (χ0) is 15.0. The highest BCUT2D eigenvalue weighted by Crippen LogP contribution is 2.38. The van der Waals surface area contributed by atoms with E-state index in [9.17, 15) is 4.79 Å². The molecular weight excluding hydrogens is 258 g/mol. The van der Waals surface area contributed by atoms with Crippen LogP contribution in [0.15, 0.2) is 12.1 Å². The molecule has 5 heteroatoms. The smallest absolute Gasteiger partial charge is 0.248 e. The molecule has 0 aliphatic rings. The number of ether oxygens (including phenoxy) is 3. The molecule has 0 radical (unpaired) electrons. The molecule has 2 N–H and O–H groups in total. The van der Waals surface area contributed by atoms with Gasteiger partial charge in [-0.3, -0.25) is 4.79 Å². The largest absolute Gasteiger partial charge is 0.493 e. The second kappa shape index (κ2) is 8.30. The van der Waals surface area contributed by atoms with Gasteiger partial charge in [-0.1, -0.05) is 26.2 Å². The van der Waals surface area contributed by atoms with E-state index in [-0.39, 0.29) is 0 Å². The Morgan fingerprint density at radius 2 is 1.70 bits per heavy atom. The molecule has 5 nitrogen and oxygen atoms in total. The minimum atomic E-state index is -0.531. The third-order valence-corrected chi connectivity index (χ3v) is 2.99. The molecule has 0 spiro atoms. The summed E-state index contributed by atoms with van der Waals surface area (Å²) in [5.41, 5.74) is 5.61. The van der Waals surface area contributed by atoms with Crippen LogP contribution in [0.25, 0.3) is 0 Å². The van der Waals surface area contributed by atoms with Crippen LogP contribution in [0.1, 0.15) is 43.0 Å². The van der Waals surface area contributed by atoms with E-state index < -0.39 is 5.91 Å². The van der Waals surface area contributed by atoms with Crippen molar-refractivity contribution < 1.29 is 19.0 Å². The van der Waals surface area contributed by atoms with Crippen molar-refractivity contribution in [3.05, 3.63) is 17.7 Å². The minimum Gasteiger partial charge on any atom is -0.493 e. The lowest BCUT2D eigenvalue weighted by Gasteiger charge is -2.15. The van der Waals surface area contributed by atoms with Crippen LogP contribution < -0.4 is 19.9 Å². The first-order chi connectivity index (χ1) is 9.63. The van der Waals surface area contributed by atoms with Crippen molar-refractivity contribution in [3.63, 3.8) is 0 Å². The lowest BCUT2D eigenvalue weighted by molar-refractivity contribution is 0.0999. The maximum Gasteiger partial charge on any atom is 0.248 e. The Kier molecular flexibility index (Phi) is 6.70. The number of hydrogen-bond acceptors (Lipinski definition) is 4. The molecule has 0 saturated heterocycles. The molecule has 1 aromatic carbocycles. The van der Waals surface area contributed by atoms with Crippen LogP contribution in [0.4, 0.5) is 0 Å². The molecule has 0 saturated carbocycles. The molecule has 0 bridgehead atoms. The van der Waals surface area contributed by atoms with E-state index in [0.29, 0.717) is 29.4 Å². The van der Waals surface area contributed by atoms with Crippen LogP contribution in [-0.2, 0) is 0 Å². The lowest BCUT2D eigenvalue weighted by atomic mass is 10.1. The van der Waals surface area contributed by atoms with Crippen molar-refractivity contribution in [2.45, 2.75) is 32.6 Å². The summed E-state index contributed by atoms with van der Waals surface area (Å²) in [5.74, 6) is 0.884. The Labute approximate surface area is 120 Å². The summed E-state index contributed by atoms with van der Waals surface area (Å²) in [6.07, 6.45) is 4.47. The van der Waals surface area contributed by atoms with Crippen LogP contribution >= 0.6 is 0 Å². The minimum absolute atomic E-state index is 0.331. The third kappa shape index (κ3) is 4.33. The van der Waals surface area contributed by atoms with Crippen molar-refractivity contribution in [1.82, 2.24) is 0 Å². The zero-order valence-electron chi connectivity index (χ0n) is 12.4. The maximum atomic E-state index is 11.3. The predicted molar refractivity (Wildman–Crippen MR) is 77.7 cm³/mol. The van der Waals surface area contributed by atoms with E-state index in [4.69, 9.17) is 19.9 Å². The maximum absolute atomic E-state index is 11.3. The van der Waals surface area contributed by atoms with E-state index >= 15 is 0 Å². The second-order valence-corrected chi connectivity index (χ2v) is 4.48. The Balaban J connectivity index is 2.84. The first-order valence-electron chi connectivity index (χ1n) is 6.82. The highest BCUT2D eigenvalue weighted by atomic mass is 16.5. The van der Waals surface area contributed by atoms with Gasteiger partial charge >= 0.3 is 0 Å². The average molecular weight is 281 g/mol. The molecule has 0 aliphatic carbocycles. The van der Waals surface area contributed by atoms with Crippen LogP contribution in [0.5, 0.6) is 17.2 Å². The van der Waals surface area contributed by atoms with Crippen LogP contribution in [0.2, 0.25) is 0 Å². The Morgan fingerprint density at radius 3 is 2.15 bits per heavy atom. The lowest BCUT2D eigenvalue weighted by Crippen LogP contribution is -2.12. The SMILES string of the molecule is CCCCCCOc1c(OC)cc(C(N)=O)cc1OC. The number of carbonyl (C=O) groups is 1. The van der Waals surface area contributed by atoms with E-state index in [1.807, 2.05) is 0 Å². The van der Waals surface area contributed by atoms with E-state index in [2.05, 4.69) is 6.92 Å². The number of nitrogens with two attached hydrogens (primary N) is 1. The van der Waals surface area contributed by atoms with Crippen molar-refractivity contribution in [1.29, 1.82) is 0 Å². The number of benzene rings is 1. The van der Waals surface area contributed by atoms with Gasteiger partial charge in [0.15, 0.2) is 11.5 Å². The molecule has 0 unspecified atom stereocenters. The predicted octanol–water partition coefficient (Wildman–Crippen LogP) is 2.76. The summed E-state index contributed by atoms with van der Waals surface area (Å²) in [4.78, 5) is 11.3. The summed E-state index contributed by atoms with van der Waals surface area (Å²) in [6.45, 7) is 2.75. The monoisotopic (exact) mass is 281 g/mol. The van der Waals surface area contributed by atoms with Crippen LogP contribution in [-0.4, -0.2) is 26.7 Å². The van der Waals surface area contributed by atoms with Gasteiger partial charge in [0, 0.05) is 5.56 Å². The molecule has 1 rings (SSSR count). The normalized spacial score (nSPS) is 10.2. The molecule has 0 aliphatic heterocycles. The molecule has 20 heavy (non-hydrogen) atoms. The topological polar surface area (TPSA) is 70.8 Å². The quantitative estimate of drug-likeness (QED) is 0.706. The van der Waals surface area contributed by atoms with Gasteiger partial charge in [-0.25, -0.2) is 0 Å². The summed E-state index contributed by atoms with van der Waals surface area (Å²) in [7, 11) is 3.03. The van der Waals surface area contributed by atoms with Gasteiger partial charge in [-0.2, -0.15) is 0 Å². The van der Waals surface area contributed by atoms with E-state index in [0.717, 1.165) is 12.8 Å². The number of unbranched alkanes of at least 4 members (excludes halogenated alkanes) is 3. The van der Waals surface area contributed by atoms with E-state index in [1.165, 1.54) is 27.1 Å². The fourth-order valence-corrected chi connectivity index (χ4v) is 1.87. The fourth-order valence-electron chi connectivity index (χ4n) is 1.87. The van der Waals surface area contributed by atoms with Gasteiger partial charge in [0.2, 0.25) is 11.7 Å². The molecule has 0 atom stereocenters. The number of hydrogen-bond donors (Lipinski definition) is 1. The Bertz CT molecular complexity index is 420. The first-order valence-corrected chi connectivity index (χ1v) is 6.82. The number of carbonyl (C=O) groups excluding carboxylic acids is 1.